The Morgan fingerprint density at radius 1 is 0.486 bits per heavy atom. The molecule has 0 bridgehead atoms. The fourth-order valence-corrected chi connectivity index (χ4v) is 10.9. The molecule has 4 saturated heterocycles. The van der Waals surface area contributed by atoms with E-state index in [9.17, 15) is 36.7 Å². The smallest absolute Gasteiger partial charge is 0.418 e. The second-order valence-electron chi connectivity index (χ2n) is 19.2. The topological polar surface area (TPSA) is 118 Å². The summed E-state index contributed by atoms with van der Waals surface area (Å²) in [7, 11) is 3.44. The van der Waals surface area contributed by atoms with Crippen LogP contribution in [0.4, 0.5) is 27.2 Å². The first-order chi connectivity index (χ1) is 33.7. The molecule has 16 heteroatoms. The molecule has 70 heavy (non-hydrogen) atoms. The standard InChI is InChI=1S/C54H62F4N4O8/c1-59-29-3-5-47(67-51(59)65)27-35-61-31-23-41(24-32-61)53(37-7-15-43(55)16-8-37,38-9-17-44(56)18-10-38)69-49(63)50(64)70-54(39-11-19-45(57)20-12-39,40-13-21-46(58)22-14-40)42-25-33-62(34-26-42)36-28-48-6-4-30-60(2)52(66)68-48/h7-22,41-42,47-48H,3-6,23-36H2,1-2H3. The van der Waals surface area contributed by atoms with Gasteiger partial charge >= 0.3 is 24.1 Å². The van der Waals surface area contributed by atoms with Crippen LogP contribution >= 0.6 is 0 Å². The van der Waals surface area contributed by atoms with E-state index in [2.05, 4.69) is 9.80 Å². The fraction of sp³-hybridized carbons (Fsp3) is 0.481. The summed E-state index contributed by atoms with van der Waals surface area (Å²) in [5.41, 5.74) is -2.06. The number of hydrogen-bond acceptors (Lipinski definition) is 10. The van der Waals surface area contributed by atoms with Crippen LogP contribution in [-0.2, 0) is 39.7 Å². The van der Waals surface area contributed by atoms with Crippen LogP contribution in [0.3, 0.4) is 0 Å². The van der Waals surface area contributed by atoms with Gasteiger partial charge < -0.3 is 38.5 Å². The first kappa shape index (κ1) is 50.4. The number of piperidine rings is 2. The van der Waals surface area contributed by atoms with Gasteiger partial charge in [-0.05, 0) is 139 Å². The highest BCUT2D eigenvalue weighted by Crippen LogP contribution is 2.48. The summed E-state index contributed by atoms with van der Waals surface area (Å²) in [6, 6.07) is 21.9. The minimum absolute atomic E-state index is 0.231. The van der Waals surface area contributed by atoms with Gasteiger partial charge in [0.15, 0.2) is 11.2 Å². The minimum Gasteiger partial charge on any atom is -0.446 e. The van der Waals surface area contributed by atoms with Gasteiger partial charge in [-0.2, -0.15) is 0 Å². The summed E-state index contributed by atoms with van der Waals surface area (Å²) in [5.74, 6) is -5.93. The van der Waals surface area contributed by atoms with Crippen molar-refractivity contribution in [3.8, 4) is 0 Å². The maximum atomic E-state index is 14.9. The number of carbonyl (C=O) groups excluding carboxylic acids is 4. The molecule has 0 N–H and O–H groups in total. The second-order valence-corrected chi connectivity index (χ2v) is 19.2. The molecule has 0 radical (unpaired) electrons. The van der Waals surface area contributed by atoms with Crippen molar-refractivity contribution in [3.63, 3.8) is 0 Å². The summed E-state index contributed by atoms with van der Waals surface area (Å²) in [6.07, 6.45) is 5.03. The van der Waals surface area contributed by atoms with E-state index in [1.54, 1.807) is 23.9 Å². The number of hydrogen-bond donors (Lipinski definition) is 0. The third-order valence-electron chi connectivity index (χ3n) is 14.8. The van der Waals surface area contributed by atoms with Crippen molar-refractivity contribution < 1.29 is 55.7 Å². The van der Waals surface area contributed by atoms with Crippen LogP contribution in [0.5, 0.6) is 0 Å². The van der Waals surface area contributed by atoms with Gasteiger partial charge in [0.25, 0.3) is 0 Å². The first-order valence-electron chi connectivity index (χ1n) is 24.5. The molecule has 4 aliphatic rings. The summed E-state index contributed by atoms with van der Waals surface area (Å²) < 4.78 is 83.5. The Kier molecular flexibility index (Phi) is 16.1. The Balaban J connectivity index is 1.09. The molecule has 2 atom stereocenters. The van der Waals surface area contributed by atoms with E-state index in [4.69, 9.17) is 18.9 Å². The van der Waals surface area contributed by atoms with Crippen LogP contribution in [0.1, 0.15) is 86.5 Å². The number of rotatable bonds is 14. The van der Waals surface area contributed by atoms with Crippen molar-refractivity contribution in [3.05, 3.63) is 143 Å². The molecule has 0 spiro atoms. The molecule has 12 nitrogen and oxygen atoms in total. The zero-order valence-electron chi connectivity index (χ0n) is 39.8. The maximum absolute atomic E-state index is 14.9. The first-order valence-corrected chi connectivity index (χ1v) is 24.5. The molecule has 2 unspecified atom stereocenters. The molecule has 0 saturated carbocycles. The lowest BCUT2D eigenvalue weighted by molar-refractivity contribution is -0.191. The number of cyclic esters (lactones) is 2. The van der Waals surface area contributed by atoms with Crippen molar-refractivity contribution in [1.82, 2.24) is 19.6 Å². The summed E-state index contributed by atoms with van der Waals surface area (Å²) in [4.78, 5) is 62.3. The van der Waals surface area contributed by atoms with E-state index in [0.29, 0.717) is 113 Å². The minimum atomic E-state index is -1.74. The third-order valence-corrected chi connectivity index (χ3v) is 14.8. The van der Waals surface area contributed by atoms with Gasteiger partial charge in [-0.15, -0.1) is 0 Å². The van der Waals surface area contributed by atoms with Gasteiger partial charge in [0.05, 0.1) is 0 Å². The highest BCUT2D eigenvalue weighted by Gasteiger charge is 2.52. The molecule has 8 rings (SSSR count). The zero-order valence-corrected chi connectivity index (χ0v) is 39.8. The summed E-state index contributed by atoms with van der Waals surface area (Å²) in [6.45, 7) is 4.69. The fourth-order valence-electron chi connectivity index (χ4n) is 10.9. The number of nitrogens with zero attached hydrogens (tertiary/aromatic N) is 4. The van der Waals surface area contributed by atoms with Crippen molar-refractivity contribution in [2.45, 2.75) is 87.6 Å². The number of amides is 2. The van der Waals surface area contributed by atoms with Crippen LogP contribution in [0.15, 0.2) is 97.1 Å². The molecule has 0 aliphatic carbocycles. The maximum Gasteiger partial charge on any atom is 0.418 e. The van der Waals surface area contributed by atoms with Gasteiger partial charge in [0.1, 0.15) is 35.5 Å². The van der Waals surface area contributed by atoms with Gasteiger partial charge in [-0.3, -0.25) is 0 Å². The Bertz CT molecular complexity index is 2150. The number of likely N-dealkylation sites (tertiary alicyclic amines) is 2. The van der Waals surface area contributed by atoms with Crippen LogP contribution in [0.25, 0.3) is 0 Å². The van der Waals surface area contributed by atoms with Gasteiger partial charge in [0.2, 0.25) is 0 Å². The van der Waals surface area contributed by atoms with Gasteiger partial charge in [0, 0.05) is 74.4 Å². The number of esters is 2. The van der Waals surface area contributed by atoms with E-state index in [1.165, 1.54) is 97.1 Å². The lowest BCUT2D eigenvalue weighted by atomic mass is 9.71. The summed E-state index contributed by atoms with van der Waals surface area (Å²) in [5, 5.41) is 0. The molecule has 374 valence electrons. The van der Waals surface area contributed by atoms with Crippen LogP contribution in [0.2, 0.25) is 0 Å². The van der Waals surface area contributed by atoms with E-state index in [1.807, 2.05) is 0 Å². The van der Waals surface area contributed by atoms with Crippen molar-refractivity contribution in [1.29, 1.82) is 0 Å². The SMILES string of the molecule is CN1CCCC(CCN2CCC(C(OC(=O)C(=O)OC(c3ccc(F)cc3)(c3ccc(F)cc3)C3CCN(CCC4CCCN(C)C(=O)O4)CC3)(c3ccc(F)cc3)c3ccc(F)cc3)CC2)OC1=O. The molecule has 4 aromatic rings. The van der Waals surface area contributed by atoms with Crippen molar-refractivity contribution >= 4 is 24.1 Å². The van der Waals surface area contributed by atoms with Crippen LogP contribution in [-0.4, -0.2) is 122 Å². The molecule has 0 aromatic heterocycles. The number of carbonyl (C=O) groups is 4. The number of ether oxygens (including phenoxy) is 4. The lowest BCUT2D eigenvalue weighted by Crippen LogP contribution is -2.50. The molecule has 4 heterocycles. The Hall–Kier alpha value is -6.00. The normalized spacial score (nSPS) is 20.5. The van der Waals surface area contributed by atoms with E-state index >= 15 is 0 Å². The average molecular weight is 971 g/mol. The summed E-state index contributed by atoms with van der Waals surface area (Å²) >= 11 is 0. The number of halogens is 4. The third kappa shape index (κ3) is 11.4. The monoisotopic (exact) mass is 970 g/mol. The second kappa shape index (κ2) is 22.4. The van der Waals surface area contributed by atoms with E-state index < -0.39 is 58.2 Å². The molecular weight excluding hydrogens is 909 g/mol. The lowest BCUT2D eigenvalue weighted by Gasteiger charge is -2.46. The molecule has 2 amide bonds. The highest BCUT2D eigenvalue weighted by molar-refractivity contribution is 6.30. The molecule has 4 aromatic carbocycles. The average Bonchev–Trinajstić information content (AvgIpc) is 3.63. The molecular formula is C54H62F4N4O8. The predicted octanol–water partition coefficient (Wildman–Crippen LogP) is 9.18. The van der Waals surface area contributed by atoms with Crippen molar-refractivity contribution in [2.75, 3.05) is 66.5 Å². The van der Waals surface area contributed by atoms with Crippen molar-refractivity contribution in [2.24, 2.45) is 11.8 Å². The quantitative estimate of drug-likeness (QED) is 0.0524. The Morgan fingerprint density at radius 3 is 1.06 bits per heavy atom. The zero-order chi connectivity index (χ0) is 49.4. The number of benzene rings is 4. The Labute approximate surface area is 406 Å². The molecule has 4 aliphatic heterocycles. The van der Waals surface area contributed by atoms with Gasteiger partial charge in [-0.1, -0.05) is 48.5 Å². The van der Waals surface area contributed by atoms with Gasteiger partial charge in [-0.25, -0.2) is 36.7 Å². The highest BCUT2D eigenvalue weighted by atomic mass is 19.1. The predicted molar refractivity (Wildman–Crippen MR) is 251 cm³/mol. The van der Waals surface area contributed by atoms with E-state index in [-0.39, 0.29) is 24.4 Å². The van der Waals surface area contributed by atoms with E-state index in [0.717, 1.165) is 25.7 Å². The van der Waals surface area contributed by atoms with Crippen LogP contribution in [0, 0.1) is 35.1 Å². The van der Waals surface area contributed by atoms with Crippen LogP contribution < -0.4 is 0 Å². The molecule has 4 fully saturated rings. The largest absolute Gasteiger partial charge is 0.446 e. The Morgan fingerprint density at radius 2 is 0.771 bits per heavy atom.